The molecule has 1 aromatic carbocycles. The van der Waals surface area contributed by atoms with Crippen LogP contribution in [-0.4, -0.2) is 25.0 Å². The van der Waals surface area contributed by atoms with Gasteiger partial charge in [-0.05, 0) is 50.6 Å². The highest BCUT2D eigenvalue weighted by atomic mass is 19.1. The Morgan fingerprint density at radius 3 is 2.68 bits per heavy atom. The molecule has 1 amide bonds. The van der Waals surface area contributed by atoms with Gasteiger partial charge in [0.2, 0.25) is 5.91 Å². The fraction of sp³-hybridized carbons (Fsp3) is 0.533. The summed E-state index contributed by atoms with van der Waals surface area (Å²) in [5.41, 5.74) is 0.768. The van der Waals surface area contributed by atoms with Gasteiger partial charge in [-0.15, -0.1) is 0 Å². The summed E-state index contributed by atoms with van der Waals surface area (Å²) in [6.45, 7) is 3.55. The maximum atomic E-state index is 12.9. The van der Waals surface area contributed by atoms with Crippen LogP contribution in [-0.2, 0) is 4.79 Å². The molecule has 0 bridgehead atoms. The second-order valence-corrected chi connectivity index (χ2v) is 4.97. The van der Waals surface area contributed by atoms with Crippen molar-refractivity contribution in [2.75, 3.05) is 18.0 Å². The van der Waals surface area contributed by atoms with Crippen LogP contribution < -0.4 is 10.2 Å². The number of anilines is 1. The van der Waals surface area contributed by atoms with Crippen LogP contribution in [0, 0.1) is 5.82 Å². The van der Waals surface area contributed by atoms with Gasteiger partial charge in [-0.3, -0.25) is 4.79 Å². The van der Waals surface area contributed by atoms with Gasteiger partial charge in [0.1, 0.15) is 5.82 Å². The number of carbonyl (C=O) groups is 1. The molecule has 19 heavy (non-hydrogen) atoms. The van der Waals surface area contributed by atoms with Gasteiger partial charge in [0.25, 0.3) is 0 Å². The van der Waals surface area contributed by atoms with E-state index in [2.05, 4.69) is 5.32 Å². The van der Waals surface area contributed by atoms with E-state index in [4.69, 9.17) is 0 Å². The fourth-order valence-corrected chi connectivity index (χ4v) is 2.54. The first-order valence-corrected chi connectivity index (χ1v) is 7.00. The third-order valence-electron chi connectivity index (χ3n) is 3.59. The maximum Gasteiger partial charge on any atom is 0.228 e. The van der Waals surface area contributed by atoms with Crippen molar-refractivity contribution in [3.63, 3.8) is 0 Å². The van der Waals surface area contributed by atoms with E-state index >= 15 is 0 Å². The summed E-state index contributed by atoms with van der Waals surface area (Å²) < 4.78 is 12.9. The average molecular weight is 264 g/mol. The van der Waals surface area contributed by atoms with Crippen molar-refractivity contribution in [3.8, 4) is 0 Å². The minimum atomic E-state index is -0.277. The summed E-state index contributed by atoms with van der Waals surface area (Å²) in [7, 11) is 0. The Hall–Kier alpha value is -1.42. The Kier molecular flexibility index (Phi) is 4.91. The minimum Gasteiger partial charge on any atom is -0.313 e. The fourth-order valence-electron chi connectivity index (χ4n) is 2.54. The van der Waals surface area contributed by atoms with Gasteiger partial charge >= 0.3 is 0 Å². The highest BCUT2D eigenvalue weighted by Gasteiger charge is 2.20. The second kappa shape index (κ2) is 6.66. The molecule has 1 unspecified atom stereocenters. The van der Waals surface area contributed by atoms with Crippen LogP contribution in [0.5, 0.6) is 0 Å². The summed E-state index contributed by atoms with van der Waals surface area (Å²) >= 11 is 0. The van der Waals surface area contributed by atoms with Crippen LogP contribution in [0.2, 0.25) is 0 Å². The second-order valence-electron chi connectivity index (χ2n) is 4.97. The summed E-state index contributed by atoms with van der Waals surface area (Å²) in [6.07, 6.45) is 3.96. The maximum absolute atomic E-state index is 12.9. The smallest absolute Gasteiger partial charge is 0.228 e. The Morgan fingerprint density at radius 1 is 1.37 bits per heavy atom. The molecular weight excluding hydrogens is 243 g/mol. The Morgan fingerprint density at radius 2 is 2.11 bits per heavy atom. The van der Waals surface area contributed by atoms with E-state index in [1.54, 1.807) is 17.0 Å². The predicted molar refractivity (Wildman–Crippen MR) is 74.7 cm³/mol. The first kappa shape index (κ1) is 14.0. The molecule has 1 aliphatic rings. The van der Waals surface area contributed by atoms with Gasteiger partial charge in [0.05, 0.1) is 0 Å². The molecule has 4 heteroatoms. The molecule has 2 rings (SSSR count). The first-order chi connectivity index (χ1) is 9.20. The van der Waals surface area contributed by atoms with Crippen molar-refractivity contribution in [2.45, 2.75) is 38.6 Å². The third kappa shape index (κ3) is 3.77. The first-order valence-electron chi connectivity index (χ1n) is 7.00. The lowest BCUT2D eigenvalue weighted by molar-refractivity contribution is -0.119. The van der Waals surface area contributed by atoms with Crippen molar-refractivity contribution in [2.24, 2.45) is 0 Å². The Labute approximate surface area is 113 Å². The summed E-state index contributed by atoms with van der Waals surface area (Å²) in [5.74, 6) is -0.172. The number of amides is 1. The van der Waals surface area contributed by atoms with Crippen molar-refractivity contribution in [3.05, 3.63) is 30.1 Å². The number of benzene rings is 1. The normalized spacial score (nSPS) is 19.2. The molecule has 0 spiro atoms. The number of hydrogen-bond acceptors (Lipinski definition) is 2. The zero-order valence-corrected chi connectivity index (χ0v) is 11.4. The molecule has 0 aliphatic carbocycles. The van der Waals surface area contributed by atoms with Crippen molar-refractivity contribution >= 4 is 11.6 Å². The lowest BCUT2D eigenvalue weighted by Gasteiger charge is -2.27. The number of piperidine rings is 1. The molecule has 3 nitrogen and oxygen atoms in total. The minimum absolute atomic E-state index is 0.105. The van der Waals surface area contributed by atoms with Gasteiger partial charge in [0.15, 0.2) is 0 Å². The van der Waals surface area contributed by atoms with Gasteiger partial charge in [-0.2, -0.15) is 0 Å². The van der Waals surface area contributed by atoms with E-state index in [-0.39, 0.29) is 17.8 Å². The van der Waals surface area contributed by atoms with E-state index in [1.807, 2.05) is 6.92 Å². The van der Waals surface area contributed by atoms with Gasteiger partial charge < -0.3 is 10.2 Å². The highest BCUT2D eigenvalue weighted by molar-refractivity contribution is 5.93. The number of rotatable bonds is 4. The Balaban J connectivity index is 2.00. The molecule has 1 aromatic rings. The van der Waals surface area contributed by atoms with Gasteiger partial charge in [-0.25, -0.2) is 4.39 Å². The van der Waals surface area contributed by atoms with Gasteiger partial charge in [-0.1, -0.05) is 6.42 Å². The summed E-state index contributed by atoms with van der Waals surface area (Å²) in [4.78, 5) is 14.0. The average Bonchev–Trinajstić information content (AvgIpc) is 2.43. The monoisotopic (exact) mass is 264 g/mol. The quantitative estimate of drug-likeness (QED) is 0.907. The number of nitrogens with zero attached hydrogens (tertiary/aromatic N) is 1. The summed E-state index contributed by atoms with van der Waals surface area (Å²) in [5, 5.41) is 3.38. The molecule has 1 atom stereocenters. The lowest BCUT2D eigenvalue weighted by atomic mass is 10.0. The lowest BCUT2D eigenvalue weighted by Crippen LogP contribution is -2.40. The molecule has 1 saturated heterocycles. The molecule has 1 fully saturated rings. The number of hydrogen-bond donors (Lipinski definition) is 1. The zero-order valence-electron chi connectivity index (χ0n) is 11.4. The highest BCUT2D eigenvalue weighted by Crippen LogP contribution is 2.18. The molecular formula is C15H21FN2O. The molecule has 1 aliphatic heterocycles. The largest absolute Gasteiger partial charge is 0.313 e. The summed E-state index contributed by atoms with van der Waals surface area (Å²) in [6, 6.07) is 6.39. The number of carbonyl (C=O) groups excluding carboxylic acids is 1. The third-order valence-corrected chi connectivity index (χ3v) is 3.59. The number of nitrogens with one attached hydrogen (secondary N) is 1. The van der Waals surface area contributed by atoms with Crippen LogP contribution in [0.3, 0.4) is 0 Å². The van der Waals surface area contributed by atoms with Crippen LogP contribution in [0.15, 0.2) is 24.3 Å². The van der Waals surface area contributed by atoms with Crippen LogP contribution in [0.25, 0.3) is 0 Å². The van der Waals surface area contributed by atoms with E-state index in [9.17, 15) is 9.18 Å². The molecule has 0 aromatic heterocycles. The van der Waals surface area contributed by atoms with Gasteiger partial charge in [0, 0.05) is 24.7 Å². The SMILES string of the molecule is CCN(C(=O)CC1CCCCN1)c1ccc(F)cc1. The van der Waals surface area contributed by atoms with Crippen molar-refractivity contribution in [1.29, 1.82) is 0 Å². The van der Waals surface area contributed by atoms with E-state index in [1.165, 1.54) is 25.0 Å². The van der Waals surface area contributed by atoms with E-state index in [0.717, 1.165) is 18.7 Å². The molecule has 0 radical (unpaired) electrons. The van der Waals surface area contributed by atoms with E-state index < -0.39 is 0 Å². The Bertz CT molecular complexity index is 413. The van der Waals surface area contributed by atoms with Crippen LogP contribution in [0.1, 0.15) is 32.6 Å². The predicted octanol–water partition coefficient (Wildman–Crippen LogP) is 2.71. The van der Waals surface area contributed by atoms with Crippen LogP contribution >= 0.6 is 0 Å². The van der Waals surface area contributed by atoms with E-state index in [0.29, 0.717) is 13.0 Å². The molecule has 1 N–H and O–H groups in total. The zero-order chi connectivity index (χ0) is 13.7. The van der Waals surface area contributed by atoms with Crippen molar-refractivity contribution < 1.29 is 9.18 Å². The van der Waals surface area contributed by atoms with Crippen LogP contribution in [0.4, 0.5) is 10.1 Å². The molecule has 104 valence electrons. The standard InChI is InChI=1S/C15H21FN2O/c1-2-18(14-8-6-12(16)7-9-14)15(19)11-13-5-3-4-10-17-13/h6-9,13,17H,2-5,10-11H2,1H3. The number of halogens is 1. The molecule has 0 saturated carbocycles. The molecule has 1 heterocycles. The topological polar surface area (TPSA) is 32.3 Å². The van der Waals surface area contributed by atoms with Crippen molar-refractivity contribution in [1.82, 2.24) is 5.32 Å².